The van der Waals surface area contributed by atoms with Crippen molar-refractivity contribution in [2.75, 3.05) is 11.9 Å². The molecule has 0 spiro atoms. The van der Waals surface area contributed by atoms with E-state index in [0.29, 0.717) is 12.5 Å². The van der Waals surface area contributed by atoms with Gasteiger partial charge in [0.15, 0.2) is 0 Å². The van der Waals surface area contributed by atoms with E-state index < -0.39 is 0 Å². The van der Waals surface area contributed by atoms with Gasteiger partial charge in [-0.1, -0.05) is 15.9 Å². The zero-order valence-electron chi connectivity index (χ0n) is 14.5. The molecule has 2 aromatic heterocycles. The van der Waals surface area contributed by atoms with Gasteiger partial charge in [0.2, 0.25) is 5.95 Å². The van der Waals surface area contributed by atoms with Crippen LogP contribution in [0.1, 0.15) is 21.7 Å². The Morgan fingerprint density at radius 2 is 1.96 bits per heavy atom. The molecule has 0 atom stereocenters. The summed E-state index contributed by atoms with van der Waals surface area (Å²) in [6, 6.07) is 9.71. The van der Waals surface area contributed by atoms with Gasteiger partial charge in [-0.2, -0.15) is 0 Å². The molecule has 0 fully saturated rings. The first-order valence-electron chi connectivity index (χ1n) is 8.38. The summed E-state index contributed by atoms with van der Waals surface area (Å²) in [6.45, 7) is 5.45. The van der Waals surface area contributed by atoms with Crippen LogP contribution >= 0.6 is 15.9 Å². The Bertz CT molecular complexity index is 994. The molecule has 1 amide bonds. The van der Waals surface area contributed by atoms with Crippen molar-refractivity contribution in [1.29, 1.82) is 0 Å². The first-order valence-corrected chi connectivity index (χ1v) is 9.18. The summed E-state index contributed by atoms with van der Waals surface area (Å²) >= 11 is 3.43. The maximum Gasteiger partial charge on any atom is 0.268 e. The Morgan fingerprint density at radius 1 is 1.19 bits per heavy atom. The number of nitrogens with zero attached hydrogens (tertiary/aromatic N) is 3. The lowest BCUT2D eigenvalue weighted by molar-refractivity contribution is 0.0926. The van der Waals surface area contributed by atoms with Crippen LogP contribution in [0.3, 0.4) is 0 Å². The fraction of sp³-hybridized carbons (Fsp3) is 0.211. The standard InChI is InChI=1S/C19H18BrN5O/c1-11-16(12(2)25-10-9-21-18(26)17(11)25)15-7-8-22-19(24-15)23-14-5-3-13(20)4-6-14/h3-8H,9-10H2,1-2H3,(H,21,26)(H,22,23,24). The SMILES string of the molecule is Cc1c(-c2ccnc(Nc3ccc(Br)cc3)n2)c(C)n2c1C(=O)NCC2. The first-order chi connectivity index (χ1) is 12.5. The lowest BCUT2D eigenvalue weighted by Crippen LogP contribution is -2.35. The molecular weight excluding hydrogens is 394 g/mol. The predicted molar refractivity (Wildman–Crippen MR) is 105 cm³/mol. The lowest BCUT2D eigenvalue weighted by Gasteiger charge is -2.17. The molecule has 6 nitrogen and oxygen atoms in total. The molecular formula is C19H18BrN5O. The monoisotopic (exact) mass is 411 g/mol. The van der Waals surface area contributed by atoms with Gasteiger partial charge in [-0.15, -0.1) is 0 Å². The normalized spacial score (nSPS) is 13.3. The van der Waals surface area contributed by atoms with Crippen molar-refractivity contribution in [2.45, 2.75) is 20.4 Å². The molecule has 26 heavy (non-hydrogen) atoms. The quantitative estimate of drug-likeness (QED) is 0.687. The molecule has 7 heteroatoms. The van der Waals surface area contributed by atoms with E-state index in [4.69, 9.17) is 0 Å². The van der Waals surface area contributed by atoms with Crippen LogP contribution in [0.4, 0.5) is 11.6 Å². The van der Waals surface area contributed by atoms with Crippen LogP contribution in [-0.4, -0.2) is 27.0 Å². The summed E-state index contributed by atoms with van der Waals surface area (Å²) in [5, 5.41) is 6.13. The summed E-state index contributed by atoms with van der Waals surface area (Å²) in [4.78, 5) is 21.2. The van der Waals surface area contributed by atoms with Crippen molar-refractivity contribution in [2.24, 2.45) is 0 Å². The van der Waals surface area contributed by atoms with Gasteiger partial charge in [0, 0.05) is 40.7 Å². The summed E-state index contributed by atoms with van der Waals surface area (Å²) in [5.41, 5.74) is 5.45. The Kier molecular flexibility index (Phi) is 4.24. The van der Waals surface area contributed by atoms with Crippen LogP contribution in [-0.2, 0) is 6.54 Å². The number of hydrogen-bond donors (Lipinski definition) is 2. The number of anilines is 2. The topological polar surface area (TPSA) is 71.8 Å². The van der Waals surface area contributed by atoms with Crippen molar-refractivity contribution in [3.05, 3.63) is 58.0 Å². The zero-order valence-corrected chi connectivity index (χ0v) is 16.1. The average Bonchev–Trinajstić information content (AvgIpc) is 2.89. The molecule has 1 aliphatic heterocycles. The van der Waals surface area contributed by atoms with Crippen LogP contribution in [0.2, 0.25) is 0 Å². The Hall–Kier alpha value is -2.67. The van der Waals surface area contributed by atoms with E-state index >= 15 is 0 Å². The fourth-order valence-electron chi connectivity index (χ4n) is 3.43. The molecule has 0 bridgehead atoms. The third kappa shape index (κ3) is 2.88. The van der Waals surface area contributed by atoms with Crippen LogP contribution < -0.4 is 10.6 Å². The number of fused-ring (bicyclic) bond motifs is 1. The van der Waals surface area contributed by atoms with Gasteiger partial charge in [-0.25, -0.2) is 9.97 Å². The molecule has 2 N–H and O–H groups in total. The molecule has 3 heterocycles. The summed E-state index contributed by atoms with van der Waals surface area (Å²) < 4.78 is 3.09. The Balaban J connectivity index is 1.73. The maximum atomic E-state index is 12.3. The third-order valence-corrected chi connectivity index (χ3v) is 5.14. The van der Waals surface area contributed by atoms with Gasteiger partial charge < -0.3 is 15.2 Å². The van der Waals surface area contributed by atoms with E-state index in [1.807, 2.05) is 44.2 Å². The van der Waals surface area contributed by atoms with Crippen molar-refractivity contribution < 1.29 is 4.79 Å². The minimum Gasteiger partial charge on any atom is -0.349 e. The van der Waals surface area contributed by atoms with Crippen LogP contribution in [0.25, 0.3) is 11.3 Å². The highest BCUT2D eigenvalue weighted by Crippen LogP contribution is 2.32. The number of benzene rings is 1. The summed E-state index contributed by atoms with van der Waals surface area (Å²) in [6.07, 6.45) is 1.74. The number of halogens is 1. The van der Waals surface area contributed by atoms with Crippen molar-refractivity contribution in [3.63, 3.8) is 0 Å². The summed E-state index contributed by atoms with van der Waals surface area (Å²) in [7, 11) is 0. The van der Waals surface area contributed by atoms with Gasteiger partial charge >= 0.3 is 0 Å². The molecule has 0 radical (unpaired) electrons. The number of carbonyl (C=O) groups is 1. The Morgan fingerprint density at radius 3 is 2.69 bits per heavy atom. The number of rotatable bonds is 3. The average molecular weight is 412 g/mol. The first kappa shape index (κ1) is 16.8. The van der Waals surface area contributed by atoms with Crippen molar-refractivity contribution in [1.82, 2.24) is 19.9 Å². The van der Waals surface area contributed by atoms with Gasteiger partial charge in [0.1, 0.15) is 5.69 Å². The number of hydrogen-bond acceptors (Lipinski definition) is 4. The molecule has 4 rings (SSSR count). The minimum atomic E-state index is -0.0228. The molecule has 0 unspecified atom stereocenters. The fourth-order valence-corrected chi connectivity index (χ4v) is 3.69. The third-order valence-electron chi connectivity index (χ3n) is 4.61. The molecule has 0 aliphatic carbocycles. The lowest BCUT2D eigenvalue weighted by atomic mass is 10.1. The number of nitrogens with one attached hydrogen (secondary N) is 2. The Labute approximate surface area is 159 Å². The van der Waals surface area contributed by atoms with Gasteiger partial charge in [-0.05, 0) is 49.7 Å². The zero-order chi connectivity index (χ0) is 18.3. The largest absolute Gasteiger partial charge is 0.349 e. The van der Waals surface area contributed by atoms with E-state index in [-0.39, 0.29) is 5.91 Å². The van der Waals surface area contributed by atoms with Gasteiger partial charge in [0.25, 0.3) is 5.91 Å². The van der Waals surface area contributed by atoms with Crippen LogP contribution in [0.5, 0.6) is 0 Å². The molecule has 1 aromatic carbocycles. The highest BCUT2D eigenvalue weighted by Gasteiger charge is 2.26. The maximum absolute atomic E-state index is 12.3. The van der Waals surface area contributed by atoms with Crippen molar-refractivity contribution >= 4 is 33.5 Å². The number of carbonyl (C=O) groups excluding carboxylic acids is 1. The number of aromatic nitrogens is 3. The smallest absolute Gasteiger partial charge is 0.268 e. The second-order valence-corrected chi connectivity index (χ2v) is 7.15. The van der Waals surface area contributed by atoms with Gasteiger partial charge in [-0.3, -0.25) is 4.79 Å². The summed E-state index contributed by atoms with van der Waals surface area (Å²) in [5.74, 6) is 0.502. The molecule has 1 aliphatic rings. The van der Waals surface area contributed by atoms with Crippen molar-refractivity contribution in [3.8, 4) is 11.3 Å². The van der Waals surface area contributed by atoms with E-state index in [2.05, 4.69) is 41.1 Å². The van der Waals surface area contributed by atoms with Crippen LogP contribution in [0, 0.1) is 13.8 Å². The highest BCUT2D eigenvalue weighted by atomic mass is 79.9. The molecule has 0 saturated carbocycles. The second kappa shape index (κ2) is 6.57. The van der Waals surface area contributed by atoms with E-state index in [9.17, 15) is 4.79 Å². The van der Waals surface area contributed by atoms with E-state index in [1.54, 1.807) is 6.20 Å². The minimum absolute atomic E-state index is 0.0228. The molecule has 132 valence electrons. The van der Waals surface area contributed by atoms with E-state index in [0.717, 1.165) is 44.9 Å². The number of amides is 1. The molecule has 3 aromatic rings. The second-order valence-electron chi connectivity index (χ2n) is 6.24. The highest BCUT2D eigenvalue weighted by molar-refractivity contribution is 9.10. The van der Waals surface area contributed by atoms with Gasteiger partial charge in [0.05, 0.1) is 5.69 Å². The predicted octanol–water partition coefficient (Wildman–Crippen LogP) is 3.81. The van der Waals surface area contributed by atoms with Crippen LogP contribution in [0.15, 0.2) is 41.0 Å². The molecule has 0 saturated heterocycles. The van der Waals surface area contributed by atoms with E-state index in [1.165, 1.54) is 0 Å².